The lowest BCUT2D eigenvalue weighted by Crippen LogP contribution is -2.39. The monoisotopic (exact) mass is 435 g/mol. The summed E-state index contributed by atoms with van der Waals surface area (Å²) in [7, 11) is 1.61. The highest BCUT2D eigenvalue weighted by Crippen LogP contribution is 2.28. The van der Waals surface area contributed by atoms with Crippen molar-refractivity contribution in [2.75, 3.05) is 20.2 Å². The number of aryl methyl sites for hydroxylation is 1. The first-order valence-corrected chi connectivity index (χ1v) is 10.6. The molecule has 7 heteroatoms. The number of likely N-dealkylation sites (tertiary alicyclic amines) is 1. The number of piperidine rings is 1. The van der Waals surface area contributed by atoms with E-state index < -0.39 is 6.10 Å². The van der Waals surface area contributed by atoms with E-state index >= 15 is 0 Å². The first kappa shape index (κ1) is 21.8. The van der Waals surface area contributed by atoms with Crippen LogP contribution in [-0.4, -0.2) is 45.7 Å². The van der Waals surface area contributed by atoms with Crippen LogP contribution in [-0.2, 0) is 4.79 Å². The molecule has 6 nitrogen and oxygen atoms in total. The number of hydrogen-bond donors (Lipinski definition) is 1. The molecule has 1 atom stereocenters. The Morgan fingerprint density at radius 2 is 2.03 bits per heavy atom. The van der Waals surface area contributed by atoms with Crippen LogP contribution in [0, 0.1) is 12.7 Å². The minimum Gasteiger partial charge on any atom is -0.495 e. The quantitative estimate of drug-likeness (QED) is 0.593. The van der Waals surface area contributed by atoms with Crippen LogP contribution in [0.3, 0.4) is 0 Å². The second kappa shape index (κ2) is 9.36. The van der Waals surface area contributed by atoms with Crippen molar-refractivity contribution in [1.82, 2.24) is 14.5 Å². The molecule has 3 aromatic rings. The van der Waals surface area contributed by atoms with Crippen LogP contribution in [0.4, 0.5) is 4.39 Å². The van der Waals surface area contributed by atoms with Gasteiger partial charge >= 0.3 is 0 Å². The van der Waals surface area contributed by atoms with Crippen molar-refractivity contribution < 1.29 is 19.0 Å². The van der Waals surface area contributed by atoms with Gasteiger partial charge in [-0.1, -0.05) is 18.2 Å². The van der Waals surface area contributed by atoms with Crippen LogP contribution in [0.1, 0.15) is 35.8 Å². The van der Waals surface area contributed by atoms with E-state index in [-0.39, 0.29) is 18.3 Å². The first-order chi connectivity index (χ1) is 15.4. The maximum absolute atomic E-state index is 13.1. The summed E-state index contributed by atoms with van der Waals surface area (Å²) < 4.78 is 20.6. The molecule has 1 aliphatic heterocycles. The van der Waals surface area contributed by atoms with E-state index in [9.17, 15) is 14.3 Å². The number of halogens is 1. The topological polar surface area (TPSA) is 67.6 Å². The third-order valence-corrected chi connectivity index (χ3v) is 5.62. The van der Waals surface area contributed by atoms with Gasteiger partial charge in [-0.2, -0.15) is 0 Å². The molecule has 32 heavy (non-hydrogen) atoms. The summed E-state index contributed by atoms with van der Waals surface area (Å²) >= 11 is 0. The molecule has 1 unspecified atom stereocenters. The van der Waals surface area contributed by atoms with Gasteiger partial charge in [0.2, 0.25) is 5.91 Å². The van der Waals surface area contributed by atoms with Gasteiger partial charge in [-0.25, -0.2) is 9.37 Å². The molecule has 1 N–H and O–H groups in total. The molecule has 0 saturated carbocycles. The predicted molar refractivity (Wildman–Crippen MR) is 120 cm³/mol. The lowest BCUT2D eigenvalue weighted by molar-refractivity contribution is -0.130. The lowest BCUT2D eigenvalue weighted by Gasteiger charge is -2.30. The number of carbonyl (C=O) groups excluding carboxylic acids is 1. The second-order valence-electron chi connectivity index (χ2n) is 7.95. The number of carbonyl (C=O) groups is 1. The predicted octanol–water partition coefficient (Wildman–Crippen LogP) is 4.07. The Labute approximate surface area is 186 Å². The molecule has 2 heterocycles. The Hall–Kier alpha value is -3.45. The highest BCUT2D eigenvalue weighted by molar-refractivity contribution is 5.98. The number of hydrogen-bond acceptors (Lipinski definition) is 4. The van der Waals surface area contributed by atoms with Crippen LogP contribution in [0.5, 0.6) is 5.75 Å². The summed E-state index contributed by atoms with van der Waals surface area (Å²) in [4.78, 5) is 19.0. The maximum atomic E-state index is 13.1. The number of aliphatic hydroxyl groups is 1. The largest absolute Gasteiger partial charge is 0.495 e. The molecule has 0 spiro atoms. The Morgan fingerprint density at radius 3 is 2.72 bits per heavy atom. The van der Waals surface area contributed by atoms with Gasteiger partial charge in [0.25, 0.3) is 0 Å². The van der Waals surface area contributed by atoms with Crippen LogP contribution in [0.2, 0.25) is 0 Å². The molecule has 4 rings (SSSR count). The number of ether oxygens (including phenoxy) is 1. The number of methoxy groups -OCH3 is 1. The van der Waals surface area contributed by atoms with E-state index in [0.29, 0.717) is 29.9 Å². The molecule has 166 valence electrons. The summed E-state index contributed by atoms with van der Waals surface area (Å²) in [6.07, 6.45) is 6.16. The van der Waals surface area contributed by atoms with Crippen molar-refractivity contribution in [1.29, 1.82) is 0 Å². The van der Waals surface area contributed by atoms with Gasteiger partial charge in [0.1, 0.15) is 11.6 Å². The number of nitrogens with zero attached hydrogens (tertiary/aromatic N) is 3. The molecule has 1 saturated heterocycles. The molecule has 0 aliphatic carbocycles. The van der Waals surface area contributed by atoms with E-state index in [4.69, 9.17) is 4.74 Å². The normalized spacial score (nSPS) is 16.4. The van der Waals surface area contributed by atoms with Gasteiger partial charge in [0, 0.05) is 18.3 Å². The second-order valence-corrected chi connectivity index (χ2v) is 7.95. The fraction of sp³-hybridized carbons (Fsp3) is 0.280. The molecule has 2 aromatic carbocycles. The van der Waals surface area contributed by atoms with Gasteiger partial charge in [0.15, 0.2) is 0 Å². The third-order valence-electron chi connectivity index (χ3n) is 5.62. The summed E-state index contributed by atoms with van der Waals surface area (Å²) in [5, 5.41) is 10.5. The maximum Gasteiger partial charge on any atom is 0.249 e. The van der Waals surface area contributed by atoms with Crippen molar-refractivity contribution in [3.63, 3.8) is 0 Å². The summed E-state index contributed by atoms with van der Waals surface area (Å²) in [6, 6.07) is 11.5. The summed E-state index contributed by atoms with van der Waals surface area (Å²) in [6.45, 7) is 2.68. The Bertz CT molecular complexity index is 1140. The standard InChI is InChI=1S/C25H26FN3O3/c1-17-14-29(16-27-17)22-10-5-18(13-24(22)32-2)12-20-4-3-11-28(25(20)31)15-23(30)19-6-8-21(26)9-7-19/h5-10,12-14,16,23,30H,3-4,11,15H2,1-2H3/b20-12+. The lowest BCUT2D eigenvalue weighted by atomic mass is 9.99. The molecular weight excluding hydrogens is 409 g/mol. The summed E-state index contributed by atoms with van der Waals surface area (Å²) in [5.41, 5.74) is 3.93. The van der Waals surface area contributed by atoms with Crippen molar-refractivity contribution >= 4 is 12.0 Å². The van der Waals surface area contributed by atoms with Gasteiger partial charge in [-0.05, 0) is 61.2 Å². The molecule has 0 radical (unpaired) electrons. The number of rotatable bonds is 6. The molecule has 0 bridgehead atoms. The average molecular weight is 435 g/mol. The number of aliphatic hydroxyl groups excluding tert-OH is 1. The Balaban J connectivity index is 1.52. The average Bonchev–Trinajstić information content (AvgIpc) is 3.22. The smallest absolute Gasteiger partial charge is 0.249 e. The van der Waals surface area contributed by atoms with Crippen molar-refractivity contribution in [2.24, 2.45) is 0 Å². The fourth-order valence-corrected chi connectivity index (χ4v) is 3.93. The van der Waals surface area contributed by atoms with Crippen LogP contribution >= 0.6 is 0 Å². The van der Waals surface area contributed by atoms with Crippen molar-refractivity contribution in [2.45, 2.75) is 25.9 Å². The SMILES string of the molecule is COc1cc(/C=C2\CCCN(CC(O)c3ccc(F)cc3)C2=O)ccc1-n1cnc(C)c1. The number of β-amino-alcohol motifs (C(OH)–C–C–N with tert-alkyl or cyclic N) is 1. The van der Waals surface area contributed by atoms with E-state index in [1.165, 1.54) is 12.1 Å². The van der Waals surface area contributed by atoms with Crippen LogP contribution < -0.4 is 4.74 Å². The van der Waals surface area contributed by atoms with Crippen LogP contribution in [0.25, 0.3) is 11.8 Å². The Morgan fingerprint density at radius 1 is 1.25 bits per heavy atom. The molecule has 1 fully saturated rings. The zero-order chi connectivity index (χ0) is 22.7. The fourth-order valence-electron chi connectivity index (χ4n) is 3.93. The van der Waals surface area contributed by atoms with E-state index in [2.05, 4.69) is 4.98 Å². The number of aromatic nitrogens is 2. The van der Waals surface area contributed by atoms with Gasteiger partial charge in [0.05, 0.1) is 37.5 Å². The summed E-state index contributed by atoms with van der Waals surface area (Å²) in [5.74, 6) is 0.235. The van der Waals surface area contributed by atoms with Gasteiger partial charge < -0.3 is 19.3 Å². The van der Waals surface area contributed by atoms with Crippen LogP contribution in [0.15, 0.2) is 60.6 Å². The molecule has 1 amide bonds. The van der Waals surface area contributed by atoms with Gasteiger partial charge in [-0.15, -0.1) is 0 Å². The molecule has 1 aromatic heterocycles. The highest BCUT2D eigenvalue weighted by Gasteiger charge is 2.25. The van der Waals surface area contributed by atoms with Crippen molar-refractivity contribution in [3.05, 3.63) is 83.2 Å². The number of imidazole rings is 1. The van der Waals surface area contributed by atoms with E-state index in [1.54, 1.807) is 30.5 Å². The minimum absolute atomic E-state index is 0.0920. The van der Waals surface area contributed by atoms with E-state index in [1.807, 2.05) is 42.0 Å². The molecular formula is C25H26FN3O3. The number of amides is 1. The zero-order valence-corrected chi connectivity index (χ0v) is 18.2. The first-order valence-electron chi connectivity index (χ1n) is 10.6. The van der Waals surface area contributed by atoms with Crippen molar-refractivity contribution in [3.8, 4) is 11.4 Å². The zero-order valence-electron chi connectivity index (χ0n) is 18.2. The van der Waals surface area contributed by atoms with E-state index in [0.717, 1.165) is 23.4 Å². The Kier molecular flexibility index (Phi) is 6.37. The number of benzene rings is 2. The van der Waals surface area contributed by atoms with Gasteiger partial charge in [-0.3, -0.25) is 4.79 Å². The molecule has 1 aliphatic rings. The minimum atomic E-state index is -0.864. The third kappa shape index (κ3) is 4.73. The highest BCUT2D eigenvalue weighted by atomic mass is 19.1.